The first-order valence-electron chi connectivity index (χ1n) is 26.8. The molecule has 1 unspecified atom stereocenters. The molecule has 6 fully saturated rings. The van der Waals surface area contributed by atoms with Crippen molar-refractivity contribution in [3.05, 3.63) is 125 Å². The van der Waals surface area contributed by atoms with Crippen molar-refractivity contribution >= 4 is 109 Å². The molecule has 2 aromatic carbocycles. The number of thiazole rings is 2. The number of nitrogens with zero attached hydrogens (tertiary/aromatic N) is 9. The van der Waals surface area contributed by atoms with Crippen LogP contribution in [0.4, 0.5) is 18.4 Å². The van der Waals surface area contributed by atoms with Gasteiger partial charge in [-0.05, 0) is 69.2 Å². The van der Waals surface area contributed by atoms with Crippen LogP contribution in [0.5, 0.6) is 0 Å². The molecule has 4 amide bonds. The predicted molar refractivity (Wildman–Crippen MR) is 314 cm³/mol. The fraction of sp³-hybridized carbons (Fsp3) is 0.464. The largest absolute Gasteiger partial charge is 0.481 e. The summed E-state index contributed by atoms with van der Waals surface area (Å²) in [6.07, 6.45) is 9.83. The molecule has 448 valence electrons. The second-order valence-electron chi connectivity index (χ2n) is 21.2. The highest BCUT2D eigenvalue weighted by Gasteiger charge is 2.58. The number of hydrogen-bond donors (Lipinski definition) is 4. The Labute approximate surface area is 509 Å². The first-order chi connectivity index (χ1) is 39.9. The van der Waals surface area contributed by atoms with Crippen LogP contribution in [-0.2, 0) is 28.7 Å². The molecule has 0 bridgehead atoms. The number of halogens is 5. The van der Waals surface area contributed by atoms with Crippen LogP contribution in [0.25, 0.3) is 0 Å². The van der Waals surface area contributed by atoms with Crippen molar-refractivity contribution in [3.8, 4) is 0 Å². The quantitative estimate of drug-likeness (QED) is 0.0642. The summed E-state index contributed by atoms with van der Waals surface area (Å²) < 4.78 is 37.4. The number of hydrogen-bond acceptors (Lipinski definition) is 17. The van der Waals surface area contributed by atoms with E-state index < -0.39 is 53.1 Å². The summed E-state index contributed by atoms with van der Waals surface area (Å²) in [4.78, 5) is 101. The van der Waals surface area contributed by atoms with E-state index in [2.05, 4.69) is 46.4 Å². The number of rotatable bonds is 15. The number of alkyl halides is 1. The number of piperidine rings is 1. The Morgan fingerprint density at radius 1 is 0.702 bits per heavy atom. The van der Waals surface area contributed by atoms with Crippen LogP contribution in [0.1, 0.15) is 98.4 Å². The van der Waals surface area contributed by atoms with Gasteiger partial charge >= 0.3 is 35.9 Å². The first kappa shape index (κ1) is 62.0. The molecule has 84 heavy (non-hydrogen) atoms. The van der Waals surface area contributed by atoms with Gasteiger partial charge in [0.05, 0.1) is 61.4 Å². The molecule has 4 atom stereocenters. The fourth-order valence-electron chi connectivity index (χ4n) is 11.7. The Hall–Kier alpha value is -6.58. The maximum Gasteiger partial charge on any atom is 0.338 e. The number of fused-ring (bicyclic) bond motifs is 2. The Balaban J connectivity index is 0.000000167. The zero-order chi connectivity index (χ0) is 58.9. The van der Waals surface area contributed by atoms with Gasteiger partial charge in [-0.25, -0.2) is 37.9 Å². The molecule has 2 aromatic heterocycles. The van der Waals surface area contributed by atoms with Crippen LogP contribution in [0.3, 0.4) is 0 Å². The molecule has 0 radical (unpaired) electrons. The maximum absolute atomic E-state index is 13.9. The van der Waals surface area contributed by atoms with Crippen LogP contribution in [0.15, 0.2) is 92.1 Å². The van der Waals surface area contributed by atoms with Crippen LogP contribution in [0, 0.1) is 11.6 Å². The van der Waals surface area contributed by atoms with Gasteiger partial charge in [0, 0.05) is 107 Å². The number of methoxy groups -OCH3 is 2. The summed E-state index contributed by atoms with van der Waals surface area (Å²) in [6.45, 7) is 3.94. The van der Waals surface area contributed by atoms with Crippen LogP contribution in [0.2, 0.25) is 10.0 Å². The van der Waals surface area contributed by atoms with Crippen LogP contribution < -0.4 is 10.6 Å². The molecule has 2 aliphatic carbocycles. The fourth-order valence-corrected chi connectivity index (χ4v) is 13.8. The van der Waals surface area contributed by atoms with Gasteiger partial charge in [0.1, 0.15) is 23.7 Å². The molecule has 4 N–H and O–H groups in total. The number of aliphatic imine (C=N–C) groups is 2. The predicted octanol–water partition coefficient (Wildman–Crippen LogP) is 8.65. The molecule has 4 saturated heterocycles. The van der Waals surface area contributed by atoms with E-state index in [1.54, 1.807) is 17.3 Å². The molecular weight excluding hydrogens is 1240 g/mol. The molecular formula is C56H62BrCl2F2N11O10S2. The van der Waals surface area contributed by atoms with Gasteiger partial charge in [0.2, 0.25) is 0 Å². The summed E-state index contributed by atoms with van der Waals surface area (Å²) in [7, 11) is 2.59. The van der Waals surface area contributed by atoms with Gasteiger partial charge in [-0.3, -0.25) is 24.5 Å². The Kier molecular flexibility index (Phi) is 19.1. The van der Waals surface area contributed by atoms with Gasteiger partial charge in [-0.2, -0.15) is 0 Å². The van der Waals surface area contributed by atoms with E-state index >= 15 is 0 Å². The number of benzene rings is 2. The smallest absolute Gasteiger partial charge is 0.338 e. The summed E-state index contributed by atoms with van der Waals surface area (Å²) >= 11 is 18.8. The number of allylic oxidation sites excluding steroid dienone is 1. The summed E-state index contributed by atoms with van der Waals surface area (Å²) in [6, 6.07) is 6.58. The molecule has 4 aromatic rings. The molecule has 8 heterocycles. The van der Waals surface area contributed by atoms with E-state index in [0.29, 0.717) is 107 Å². The average molecular weight is 1300 g/mol. The summed E-state index contributed by atoms with van der Waals surface area (Å²) in [5.74, 6) is -2.81. The van der Waals surface area contributed by atoms with Crippen LogP contribution >= 0.6 is 61.8 Å². The number of carboxylic acid groups (broad SMARTS) is 2. The van der Waals surface area contributed by atoms with E-state index in [0.717, 1.165) is 38.8 Å². The summed E-state index contributed by atoms with van der Waals surface area (Å²) in [5, 5.41) is 30.4. The number of urea groups is 2. The normalized spacial score (nSPS) is 22.8. The van der Waals surface area contributed by atoms with Gasteiger partial charge in [-0.15, -0.1) is 22.7 Å². The monoisotopic (exact) mass is 1300 g/mol. The Morgan fingerprint density at radius 2 is 1.18 bits per heavy atom. The number of nitrogens with one attached hydrogen (secondary N) is 2. The summed E-state index contributed by atoms with van der Waals surface area (Å²) in [5.41, 5.74) is 1.75. The lowest BCUT2D eigenvalue weighted by atomic mass is 9.95. The number of carboxylic acids is 2. The van der Waals surface area contributed by atoms with E-state index in [1.165, 1.54) is 79.7 Å². The van der Waals surface area contributed by atoms with Gasteiger partial charge in [-0.1, -0.05) is 58.7 Å². The number of ether oxygens (including phenoxy) is 2. The van der Waals surface area contributed by atoms with Crippen molar-refractivity contribution in [2.45, 2.75) is 100 Å². The van der Waals surface area contributed by atoms with Gasteiger partial charge in [0.25, 0.3) is 0 Å². The maximum atomic E-state index is 13.9. The van der Waals surface area contributed by atoms with Crippen molar-refractivity contribution in [2.75, 3.05) is 65.4 Å². The van der Waals surface area contributed by atoms with Crippen molar-refractivity contribution < 1.29 is 57.2 Å². The number of amides is 4. The molecule has 21 nitrogen and oxygen atoms in total. The molecule has 12 rings (SSSR count). The highest BCUT2D eigenvalue weighted by Crippen LogP contribution is 2.49. The number of piperazine rings is 1. The first-order valence-corrected chi connectivity index (χ1v) is 30.4. The Morgan fingerprint density at radius 3 is 1.61 bits per heavy atom. The molecule has 8 aliphatic rings. The SMILES string of the molecule is C.COC(=O)C1=C(CBr)NC(c2nccs2)=NC1c1ccc(F)cc1Cl.COC(=O)C1=C(CN2CCN3C(=O)N(C4(CC(=O)O)CC4)C[C@@H]3C2)NC(c2nccs2)=N[C@H]1c1ccc(F)cc1Cl.O=C(O)CC1(N2C[C@@H]3CCCCN3C2=O)CC1. The minimum atomic E-state index is -0.902. The average Bonchev–Trinajstić information content (AvgIpc) is 2.85. The number of esters is 2. The number of carbonyl (C=O) groups is 6. The molecule has 2 saturated carbocycles. The van der Waals surface area contributed by atoms with Gasteiger partial charge in [0.15, 0.2) is 21.7 Å². The van der Waals surface area contributed by atoms with E-state index in [1.807, 2.05) is 25.5 Å². The number of amidine groups is 2. The zero-order valence-electron chi connectivity index (χ0n) is 45.0. The van der Waals surface area contributed by atoms with Crippen molar-refractivity contribution in [1.29, 1.82) is 0 Å². The van der Waals surface area contributed by atoms with Gasteiger partial charge < -0.3 is 49.9 Å². The lowest BCUT2D eigenvalue weighted by Crippen LogP contribution is -2.53. The third-order valence-corrected chi connectivity index (χ3v) is 18.8. The highest BCUT2D eigenvalue weighted by atomic mass is 79.9. The highest BCUT2D eigenvalue weighted by molar-refractivity contribution is 9.09. The number of carbonyl (C=O) groups excluding carboxylic acids is 4. The second kappa shape index (κ2) is 26.0. The lowest BCUT2D eigenvalue weighted by molar-refractivity contribution is -0.139. The molecule has 28 heteroatoms. The van der Waals surface area contributed by atoms with E-state index in [9.17, 15) is 42.7 Å². The molecule has 6 aliphatic heterocycles. The molecule has 0 spiro atoms. The second-order valence-corrected chi connectivity index (χ2v) is 24.4. The van der Waals surface area contributed by atoms with E-state index in [-0.39, 0.29) is 59.5 Å². The zero-order valence-corrected chi connectivity index (χ0v) is 49.7. The van der Waals surface area contributed by atoms with Crippen molar-refractivity contribution in [3.63, 3.8) is 0 Å². The van der Waals surface area contributed by atoms with E-state index in [4.69, 9.17) is 42.8 Å². The minimum Gasteiger partial charge on any atom is -0.481 e. The van der Waals surface area contributed by atoms with Crippen molar-refractivity contribution in [1.82, 2.24) is 45.1 Å². The number of aliphatic carboxylic acids is 2. The van der Waals surface area contributed by atoms with Crippen molar-refractivity contribution in [2.24, 2.45) is 9.98 Å². The third kappa shape index (κ3) is 13.0. The Bertz CT molecular complexity index is 3330. The minimum absolute atomic E-state index is 0. The lowest BCUT2D eigenvalue weighted by Gasteiger charge is -2.38. The third-order valence-electron chi connectivity index (χ3n) is 16.1. The standard InChI is InChI=1S/C27H28ClFN6O5S.C16H12BrClFN3O2S.C12H18N2O3.CH4/c1-40-25(38)21-19(31-23(24-30-6-9-41-24)32-22(21)17-3-2-15(29)10-18(17)28)14-33-7-8-34-16(12-33)13-35(26(34)39)27(4-5-27)11-20(36)37;1-24-16(23)12-11(7-17)21-14(15-20-4-5-25-15)22-13(12)9-3-2-8(19)6-10(9)18;15-10(16)7-12(4-5-12)14-8-9-3-1-2-6-13(9)11(14)17;/h2-3,6,9-10,16,22H,4-5,7-8,11-14H2,1H3,(H,31,32)(H,36,37);2-6,13H,7H2,1H3,(H,21,22);9H,1-8H2,(H,15,16);1H4/t16-,22-;;9-;/m0.0./s1. The number of aromatic nitrogens is 2. The topological polar surface area (TPSA) is 252 Å². The van der Waals surface area contributed by atoms with Crippen LogP contribution in [-0.4, -0.2) is 181 Å².